The summed E-state index contributed by atoms with van der Waals surface area (Å²) >= 11 is 0. The van der Waals surface area contributed by atoms with E-state index in [1.54, 1.807) is 0 Å². The number of fused-ring (bicyclic) bond motifs is 1. The third kappa shape index (κ3) is 4.17. The SMILES string of the molecule is CC(C)Nc1nc(Nc2ccccc2)nc(Nc2ccc3c(c2)OCO3)n1. The molecule has 0 bridgehead atoms. The quantitative estimate of drug-likeness (QED) is 0.606. The first kappa shape index (κ1) is 16.9. The molecule has 1 aromatic heterocycles. The summed E-state index contributed by atoms with van der Waals surface area (Å²) < 4.78 is 10.8. The van der Waals surface area contributed by atoms with Gasteiger partial charge in [-0.15, -0.1) is 0 Å². The molecule has 8 nitrogen and oxygen atoms in total. The Bertz CT molecular complexity index is 933. The molecule has 3 N–H and O–H groups in total. The summed E-state index contributed by atoms with van der Waals surface area (Å²) in [7, 11) is 0. The van der Waals surface area contributed by atoms with Gasteiger partial charge in [-0.2, -0.15) is 15.0 Å². The fourth-order valence-electron chi connectivity index (χ4n) is 2.56. The lowest BCUT2D eigenvalue weighted by atomic mass is 10.3. The number of nitrogens with zero attached hydrogens (tertiary/aromatic N) is 3. The van der Waals surface area contributed by atoms with Crippen molar-refractivity contribution in [3.05, 3.63) is 48.5 Å². The highest BCUT2D eigenvalue weighted by molar-refractivity contribution is 5.62. The number of hydrogen-bond donors (Lipinski definition) is 3. The molecule has 8 heteroatoms. The molecule has 0 saturated carbocycles. The summed E-state index contributed by atoms with van der Waals surface area (Å²) in [6.07, 6.45) is 0. The smallest absolute Gasteiger partial charge is 0.233 e. The van der Waals surface area contributed by atoms with E-state index >= 15 is 0 Å². The van der Waals surface area contributed by atoms with Crippen molar-refractivity contribution in [3.8, 4) is 11.5 Å². The lowest BCUT2D eigenvalue weighted by Crippen LogP contribution is -2.15. The summed E-state index contributed by atoms with van der Waals surface area (Å²) in [6.45, 7) is 4.29. The Morgan fingerprint density at radius 2 is 1.44 bits per heavy atom. The Hall–Kier alpha value is -3.55. The van der Waals surface area contributed by atoms with Gasteiger partial charge >= 0.3 is 0 Å². The molecule has 0 aliphatic carbocycles. The molecule has 0 atom stereocenters. The van der Waals surface area contributed by atoms with Gasteiger partial charge in [0.1, 0.15) is 0 Å². The van der Waals surface area contributed by atoms with Crippen LogP contribution in [-0.4, -0.2) is 27.8 Å². The third-order valence-corrected chi connectivity index (χ3v) is 3.71. The van der Waals surface area contributed by atoms with Crippen LogP contribution in [0.15, 0.2) is 48.5 Å². The Morgan fingerprint density at radius 1 is 0.778 bits per heavy atom. The molecule has 138 valence electrons. The maximum absolute atomic E-state index is 5.42. The zero-order chi connectivity index (χ0) is 18.6. The number of benzene rings is 2. The number of nitrogens with one attached hydrogen (secondary N) is 3. The number of aromatic nitrogens is 3. The van der Waals surface area contributed by atoms with Gasteiger partial charge < -0.3 is 25.4 Å². The standard InChI is InChI=1S/C19H20N6O2/c1-12(2)20-17-23-18(21-13-6-4-3-5-7-13)25-19(24-17)22-14-8-9-15-16(10-14)27-11-26-15/h3-10,12H,11H2,1-2H3,(H3,20,21,22,23,24,25). The molecule has 3 aromatic rings. The number of rotatable bonds is 6. The molecule has 0 saturated heterocycles. The average molecular weight is 364 g/mol. The normalized spacial score (nSPS) is 12.1. The van der Waals surface area contributed by atoms with Gasteiger partial charge in [-0.05, 0) is 38.1 Å². The Kier molecular flexibility index (Phi) is 4.61. The minimum atomic E-state index is 0.190. The second kappa shape index (κ2) is 7.36. The van der Waals surface area contributed by atoms with E-state index in [9.17, 15) is 0 Å². The van der Waals surface area contributed by atoms with Crippen molar-refractivity contribution in [2.24, 2.45) is 0 Å². The molecular formula is C19H20N6O2. The molecule has 2 heterocycles. The maximum Gasteiger partial charge on any atom is 0.233 e. The first-order chi connectivity index (χ1) is 13.2. The van der Waals surface area contributed by atoms with Crippen LogP contribution in [0.1, 0.15) is 13.8 Å². The van der Waals surface area contributed by atoms with E-state index in [-0.39, 0.29) is 12.8 Å². The highest BCUT2D eigenvalue weighted by atomic mass is 16.7. The highest BCUT2D eigenvalue weighted by Crippen LogP contribution is 2.34. The molecule has 0 radical (unpaired) electrons. The fourth-order valence-corrected chi connectivity index (χ4v) is 2.56. The predicted octanol–water partition coefficient (Wildman–Crippen LogP) is 3.91. The number of ether oxygens (including phenoxy) is 2. The van der Waals surface area contributed by atoms with Crippen LogP contribution in [0.3, 0.4) is 0 Å². The minimum Gasteiger partial charge on any atom is -0.454 e. The molecule has 1 aliphatic rings. The fraction of sp³-hybridized carbons (Fsp3) is 0.211. The van der Waals surface area contributed by atoms with Crippen molar-refractivity contribution in [1.82, 2.24) is 15.0 Å². The summed E-state index contributed by atoms with van der Waals surface area (Å²) in [5.41, 5.74) is 1.69. The van der Waals surface area contributed by atoms with Crippen molar-refractivity contribution in [3.63, 3.8) is 0 Å². The molecule has 4 rings (SSSR count). The van der Waals surface area contributed by atoms with Crippen molar-refractivity contribution >= 4 is 29.2 Å². The van der Waals surface area contributed by atoms with Crippen LogP contribution in [0.4, 0.5) is 29.2 Å². The van der Waals surface area contributed by atoms with Crippen LogP contribution in [0.5, 0.6) is 11.5 Å². The van der Waals surface area contributed by atoms with Crippen molar-refractivity contribution < 1.29 is 9.47 Å². The van der Waals surface area contributed by atoms with Gasteiger partial charge in [0.2, 0.25) is 24.6 Å². The van der Waals surface area contributed by atoms with E-state index in [2.05, 4.69) is 30.9 Å². The zero-order valence-electron chi connectivity index (χ0n) is 15.1. The molecule has 0 fully saturated rings. The third-order valence-electron chi connectivity index (χ3n) is 3.71. The molecule has 1 aliphatic heterocycles. The van der Waals surface area contributed by atoms with E-state index < -0.39 is 0 Å². The first-order valence-electron chi connectivity index (χ1n) is 8.67. The van der Waals surface area contributed by atoms with E-state index in [0.717, 1.165) is 17.1 Å². The van der Waals surface area contributed by atoms with E-state index in [1.165, 1.54) is 0 Å². The number of hydrogen-bond acceptors (Lipinski definition) is 8. The van der Waals surface area contributed by atoms with Crippen LogP contribution >= 0.6 is 0 Å². The maximum atomic E-state index is 5.42. The van der Waals surface area contributed by atoms with Crippen LogP contribution in [-0.2, 0) is 0 Å². The second-order valence-electron chi connectivity index (χ2n) is 6.29. The molecule has 0 unspecified atom stereocenters. The monoisotopic (exact) mass is 364 g/mol. The van der Waals surface area contributed by atoms with Crippen LogP contribution in [0, 0.1) is 0 Å². The molecule has 0 spiro atoms. The van der Waals surface area contributed by atoms with Crippen LogP contribution in [0.25, 0.3) is 0 Å². The van der Waals surface area contributed by atoms with Crippen molar-refractivity contribution in [2.45, 2.75) is 19.9 Å². The topological polar surface area (TPSA) is 93.2 Å². The van der Waals surface area contributed by atoms with Gasteiger partial charge in [-0.25, -0.2) is 0 Å². The second-order valence-corrected chi connectivity index (χ2v) is 6.29. The largest absolute Gasteiger partial charge is 0.454 e. The highest BCUT2D eigenvalue weighted by Gasteiger charge is 2.14. The van der Waals surface area contributed by atoms with Gasteiger partial charge in [0, 0.05) is 23.5 Å². The summed E-state index contributed by atoms with van der Waals surface area (Å²) in [6, 6.07) is 15.5. The Labute approximate surface area is 157 Å². The van der Waals surface area contributed by atoms with Gasteiger partial charge in [0.15, 0.2) is 11.5 Å². The summed E-state index contributed by atoms with van der Waals surface area (Å²) in [4.78, 5) is 13.4. The van der Waals surface area contributed by atoms with Crippen molar-refractivity contribution in [2.75, 3.05) is 22.7 Å². The number of para-hydroxylation sites is 1. The lowest BCUT2D eigenvalue weighted by molar-refractivity contribution is 0.174. The number of anilines is 5. The zero-order valence-corrected chi connectivity index (χ0v) is 15.1. The Balaban J connectivity index is 1.61. The van der Waals surface area contributed by atoms with Crippen LogP contribution in [0.2, 0.25) is 0 Å². The van der Waals surface area contributed by atoms with Gasteiger partial charge in [-0.3, -0.25) is 0 Å². The molecule has 0 amide bonds. The summed E-state index contributed by atoms with van der Waals surface area (Å²) in [5.74, 6) is 2.77. The molecule has 2 aromatic carbocycles. The van der Waals surface area contributed by atoms with Gasteiger partial charge in [0.05, 0.1) is 0 Å². The Morgan fingerprint density at radius 3 is 2.19 bits per heavy atom. The van der Waals surface area contributed by atoms with Crippen LogP contribution < -0.4 is 25.4 Å². The molecule has 27 heavy (non-hydrogen) atoms. The predicted molar refractivity (Wildman–Crippen MR) is 104 cm³/mol. The average Bonchev–Trinajstić information content (AvgIpc) is 3.09. The van der Waals surface area contributed by atoms with Crippen molar-refractivity contribution in [1.29, 1.82) is 0 Å². The van der Waals surface area contributed by atoms with Gasteiger partial charge in [0.25, 0.3) is 0 Å². The first-order valence-corrected chi connectivity index (χ1v) is 8.67. The summed E-state index contributed by atoms with van der Waals surface area (Å²) in [5, 5.41) is 9.61. The van der Waals surface area contributed by atoms with E-state index in [1.807, 2.05) is 62.4 Å². The van der Waals surface area contributed by atoms with E-state index in [0.29, 0.717) is 23.6 Å². The molecular weight excluding hydrogens is 344 g/mol. The van der Waals surface area contributed by atoms with Gasteiger partial charge in [-0.1, -0.05) is 18.2 Å². The van der Waals surface area contributed by atoms with E-state index in [4.69, 9.17) is 9.47 Å². The minimum absolute atomic E-state index is 0.190. The lowest BCUT2D eigenvalue weighted by Gasteiger charge is -2.13.